The zero-order chi connectivity index (χ0) is 19.7. The Hall–Kier alpha value is -3.50. The van der Waals surface area contributed by atoms with Crippen LogP contribution in [0.3, 0.4) is 0 Å². The zero-order valence-electron chi connectivity index (χ0n) is 15.0. The largest absolute Gasteiger partial charge is 0.465 e. The Morgan fingerprint density at radius 3 is 2.50 bits per heavy atom. The Balaban J connectivity index is 1.80. The van der Waals surface area contributed by atoms with Crippen molar-refractivity contribution in [2.24, 2.45) is 0 Å². The van der Waals surface area contributed by atoms with Crippen molar-refractivity contribution in [2.75, 3.05) is 7.11 Å². The first-order valence-corrected chi connectivity index (χ1v) is 9.93. The summed E-state index contributed by atoms with van der Waals surface area (Å²) < 4.78 is 33.1. The second-order valence-corrected chi connectivity index (χ2v) is 7.97. The number of aromatic nitrogens is 1. The van der Waals surface area contributed by atoms with Gasteiger partial charge in [-0.1, -0.05) is 24.3 Å². The molecule has 0 unspecified atom stereocenters. The fourth-order valence-electron chi connectivity index (χ4n) is 3.15. The Kier molecular flexibility index (Phi) is 4.41. The number of hydrogen-bond acceptors (Lipinski definition) is 4. The summed E-state index contributed by atoms with van der Waals surface area (Å²) >= 11 is 0. The van der Waals surface area contributed by atoms with Gasteiger partial charge >= 0.3 is 5.97 Å². The van der Waals surface area contributed by atoms with Crippen molar-refractivity contribution in [3.05, 3.63) is 83.7 Å². The summed E-state index contributed by atoms with van der Waals surface area (Å²) in [4.78, 5) is 12.5. The minimum Gasteiger partial charge on any atom is -0.465 e. The summed E-state index contributed by atoms with van der Waals surface area (Å²) in [5.41, 5.74) is 2.12. The number of esters is 1. The highest BCUT2D eigenvalue weighted by molar-refractivity contribution is 7.89. The van der Waals surface area contributed by atoms with Gasteiger partial charge in [-0.25, -0.2) is 17.5 Å². The Bertz CT molecular complexity index is 1220. The summed E-state index contributed by atoms with van der Waals surface area (Å²) in [6, 6.07) is 18.3. The van der Waals surface area contributed by atoms with Crippen LogP contribution in [0.5, 0.6) is 0 Å². The average Bonchev–Trinajstić information content (AvgIpc) is 3.32. The second kappa shape index (κ2) is 6.91. The lowest BCUT2D eigenvalue weighted by Gasteiger charge is -2.12. The molecule has 2 aromatic carbocycles. The van der Waals surface area contributed by atoms with E-state index in [0.29, 0.717) is 22.4 Å². The van der Waals surface area contributed by atoms with Gasteiger partial charge in [0.1, 0.15) is 0 Å². The van der Waals surface area contributed by atoms with Gasteiger partial charge in [-0.05, 0) is 41.8 Å². The molecule has 0 aliphatic carbocycles. The van der Waals surface area contributed by atoms with Crippen LogP contribution in [-0.4, -0.2) is 30.4 Å². The molecule has 140 valence electrons. The highest BCUT2D eigenvalue weighted by Gasteiger charge is 2.32. The molecule has 7 heteroatoms. The van der Waals surface area contributed by atoms with Crippen molar-refractivity contribution >= 4 is 16.0 Å². The number of methoxy groups -OCH3 is 1. The van der Waals surface area contributed by atoms with E-state index in [1.807, 2.05) is 12.1 Å². The average molecular weight is 392 g/mol. The van der Waals surface area contributed by atoms with Crippen LogP contribution in [0.2, 0.25) is 0 Å². The summed E-state index contributed by atoms with van der Waals surface area (Å²) in [5.74, 6) is 2.43. The van der Waals surface area contributed by atoms with E-state index in [0.717, 1.165) is 4.31 Å². The summed E-state index contributed by atoms with van der Waals surface area (Å²) in [7, 11) is -2.34. The topological polar surface area (TPSA) is 68.6 Å². The standard InChI is InChI=1S/C21H16N2O4S/c1-27-21(24)18-9-6-8-16(20(18)22-12-4-5-13-22)11-14-23-15-17-7-2-3-10-19(17)28(23,25)26/h2-10,12-13H,15H2,1H3. The molecule has 0 amide bonds. The van der Waals surface area contributed by atoms with Gasteiger partial charge in [0.2, 0.25) is 0 Å². The number of sulfonamides is 1. The predicted octanol–water partition coefficient (Wildman–Crippen LogP) is 2.78. The molecule has 2 heterocycles. The van der Waals surface area contributed by atoms with Crippen LogP contribution in [0.4, 0.5) is 0 Å². The molecule has 1 aliphatic rings. The fourth-order valence-corrected chi connectivity index (χ4v) is 4.57. The van der Waals surface area contributed by atoms with Gasteiger partial charge in [0.15, 0.2) is 0 Å². The molecule has 1 aromatic heterocycles. The van der Waals surface area contributed by atoms with Gasteiger partial charge < -0.3 is 9.30 Å². The molecular weight excluding hydrogens is 376 g/mol. The number of carbonyl (C=O) groups excluding carboxylic acids is 1. The molecular formula is C21H16N2O4S. The Labute approximate surface area is 163 Å². The highest BCUT2D eigenvalue weighted by atomic mass is 32.2. The molecule has 6 nitrogen and oxygen atoms in total. The zero-order valence-corrected chi connectivity index (χ0v) is 15.8. The Morgan fingerprint density at radius 1 is 1.04 bits per heavy atom. The van der Waals surface area contributed by atoms with Gasteiger partial charge in [-0.15, -0.1) is 0 Å². The van der Waals surface area contributed by atoms with Crippen molar-refractivity contribution in [1.82, 2.24) is 8.87 Å². The van der Waals surface area contributed by atoms with Crippen molar-refractivity contribution in [3.63, 3.8) is 0 Å². The molecule has 0 saturated heterocycles. The van der Waals surface area contributed by atoms with E-state index in [4.69, 9.17) is 4.74 Å². The maximum absolute atomic E-state index is 12.7. The predicted molar refractivity (Wildman–Crippen MR) is 103 cm³/mol. The van der Waals surface area contributed by atoms with Crippen molar-refractivity contribution in [3.8, 4) is 17.7 Å². The molecule has 0 bridgehead atoms. The molecule has 28 heavy (non-hydrogen) atoms. The van der Waals surface area contributed by atoms with Gasteiger partial charge in [-0.2, -0.15) is 0 Å². The number of hydrogen-bond donors (Lipinski definition) is 0. The number of para-hydroxylation sites is 1. The molecule has 0 atom stereocenters. The maximum atomic E-state index is 12.7. The van der Waals surface area contributed by atoms with E-state index < -0.39 is 16.0 Å². The van der Waals surface area contributed by atoms with Crippen molar-refractivity contribution in [1.29, 1.82) is 0 Å². The van der Waals surface area contributed by atoms with Gasteiger partial charge in [-0.3, -0.25) is 0 Å². The first-order valence-electron chi connectivity index (χ1n) is 8.49. The number of ether oxygens (including phenoxy) is 1. The van der Waals surface area contributed by atoms with Crippen LogP contribution in [0.25, 0.3) is 5.69 Å². The normalized spacial score (nSPS) is 14.1. The number of carbonyl (C=O) groups is 1. The summed E-state index contributed by atoms with van der Waals surface area (Å²) in [6.45, 7) is 0.195. The van der Waals surface area contributed by atoms with Gasteiger partial charge in [0, 0.05) is 18.4 Å². The van der Waals surface area contributed by atoms with E-state index >= 15 is 0 Å². The third-order valence-corrected chi connectivity index (χ3v) is 6.23. The third-order valence-electron chi connectivity index (χ3n) is 4.47. The van der Waals surface area contributed by atoms with E-state index in [2.05, 4.69) is 12.0 Å². The first-order chi connectivity index (χ1) is 13.5. The molecule has 1 aliphatic heterocycles. The number of benzene rings is 2. The maximum Gasteiger partial charge on any atom is 0.340 e. The minimum atomic E-state index is -3.65. The van der Waals surface area contributed by atoms with Gasteiger partial charge in [0.25, 0.3) is 10.0 Å². The SMILES string of the molecule is COC(=O)c1cccc(C#CN2Cc3ccccc3S2(=O)=O)c1-n1cccc1. The molecule has 0 saturated carbocycles. The smallest absolute Gasteiger partial charge is 0.340 e. The lowest BCUT2D eigenvalue weighted by atomic mass is 10.1. The molecule has 0 fully saturated rings. The van der Waals surface area contributed by atoms with E-state index in [1.165, 1.54) is 7.11 Å². The molecule has 4 rings (SSSR count). The van der Waals surface area contributed by atoms with Crippen molar-refractivity contribution in [2.45, 2.75) is 11.4 Å². The molecule has 0 radical (unpaired) electrons. The molecule has 3 aromatic rings. The Morgan fingerprint density at radius 2 is 1.79 bits per heavy atom. The van der Waals surface area contributed by atoms with Crippen LogP contribution in [0.1, 0.15) is 21.5 Å². The quantitative estimate of drug-likeness (QED) is 0.497. The highest BCUT2D eigenvalue weighted by Crippen LogP contribution is 2.29. The summed E-state index contributed by atoms with van der Waals surface area (Å²) in [5, 5.41) is 0. The number of nitrogens with zero attached hydrogens (tertiary/aromatic N) is 2. The first kappa shape index (κ1) is 17.9. The fraction of sp³-hybridized carbons (Fsp3) is 0.0952. The van der Waals surface area contributed by atoms with Crippen LogP contribution < -0.4 is 0 Å². The van der Waals surface area contributed by atoms with Gasteiger partial charge in [0.05, 0.1) is 35.4 Å². The lowest BCUT2D eigenvalue weighted by Crippen LogP contribution is -2.18. The third kappa shape index (κ3) is 2.94. The van der Waals surface area contributed by atoms with Crippen LogP contribution >= 0.6 is 0 Å². The molecule has 0 spiro atoms. The molecule has 0 N–H and O–H groups in total. The van der Waals surface area contributed by atoms with E-state index in [-0.39, 0.29) is 11.4 Å². The van der Waals surface area contributed by atoms with Crippen LogP contribution in [0.15, 0.2) is 71.9 Å². The minimum absolute atomic E-state index is 0.195. The van der Waals surface area contributed by atoms with Crippen LogP contribution in [-0.2, 0) is 21.3 Å². The second-order valence-electron chi connectivity index (χ2n) is 6.14. The number of rotatable bonds is 2. The lowest BCUT2D eigenvalue weighted by molar-refractivity contribution is 0.0600. The van der Waals surface area contributed by atoms with Crippen LogP contribution in [0, 0.1) is 12.0 Å². The summed E-state index contributed by atoms with van der Waals surface area (Å²) in [6.07, 6.45) is 3.57. The monoisotopic (exact) mass is 392 g/mol. The van der Waals surface area contributed by atoms with Crippen molar-refractivity contribution < 1.29 is 17.9 Å². The van der Waals surface area contributed by atoms with E-state index in [1.54, 1.807) is 59.4 Å². The van der Waals surface area contributed by atoms with E-state index in [9.17, 15) is 13.2 Å². The number of fused-ring (bicyclic) bond motifs is 1.